The van der Waals surface area contributed by atoms with Gasteiger partial charge in [-0.25, -0.2) is 0 Å². The minimum atomic E-state index is 0.965. The molecular formula is C41H84. The summed E-state index contributed by atoms with van der Waals surface area (Å²) in [5, 5.41) is 0. The van der Waals surface area contributed by atoms with Crippen molar-refractivity contribution in [1.82, 2.24) is 0 Å². The molecule has 0 rings (SSSR count). The van der Waals surface area contributed by atoms with Crippen molar-refractivity contribution in [2.45, 2.75) is 252 Å². The molecule has 2 unspecified atom stereocenters. The first-order valence-corrected chi connectivity index (χ1v) is 20.2. The van der Waals surface area contributed by atoms with Gasteiger partial charge in [0.15, 0.2) is 0 Å². The average molecular weight is 577 g/mol. The van der Waals surface area contributed by atoms with Crippen molar-refractivity contribution in [1.29, 1.82) is 0 Å². The van der Waals surface area contributed by atoms with Gasteiger partial charge in [-0.15, -0.1) is 0 Å². The van der Waals surface area contributed by atoms with Gasteiger partial charge in [-0.3, -0.25) is 0 Å². The van der Waals surface area contributed by atoms with Crippen LogP contribution >= 0.6 is 0 Å². The molecule has 248 valence electrons. The van der Waals surface area contributed by atoms with Gasteiger partial charge in [-0.2, -0.15) is 0 Å². The van der Waals surface area contributed by atoms with Crippen LogP contribution < -0.4 is 0 Å². The Morgan fingerprint density at radius 2 is 0.366 bits per heavy atom. The Hall–Kier alpha value is 0. The minimum absolute atomic E-state index is 0.965. The minimum Gasteiger partial charge on any atom is -0.0654 e. The molecule has 0 aliphatic heterocycles. The lowest BCUT2D eigenvalue weighted by atomic mass is 9.95. The zero-order chi connectivity index (χ0) is 29.9. The SMILES string of the molecule is CCCCCCCCCCCCC(C)CCCCCCCCCCCCCC(C)CCCCCCCCCCCC. The van der Waals surface area contributed by atoms with Crippen LogP contribution in [-0.4, -0.2) is 0 Å². The summed E-state index contributed by atoms with van der Waals surface area (Å²) >= 11 is 0. The Balaban J connectivity index is 3.21. The Bertz CT molecular complexity index is 399. The molecule has 0 aliphatic carbocycles. The van der Waals surface area contributed by atoms with E-state index in [-0.39, 0.29) is 0 Å². The third kappa shape index (κ3) is 36.1. The highest BCUT2D eigenvalue weighted by atomic mass is 14.1. The lowest BCUT2D eigenvalue weighted by Crippen LogP contribution is -1.95. The summed E-state index contributed by atoms with van der Waals surface area (Å²) in [6.07, 6.45) is 51.6. The average Bonchev–Trinajstić information content (AvgIpc) is 2.97. The third-order valence-corrected chi connectivity index (χ3v) is 9.99. The first-order chi connectivity index (χ1) is 20.2. The number of unbranched alkanes of at least 4 members (excludes halogenated alkanes) is 28. The molecular weight excluding hydrogens is 492 g/mol. The molecule has 0 aromatic carbocycles. The highest BCUT2D eigenvalue weighted by Crippen LogP contribution is 2.21. The van der Waals surface area contributed by atoms with Crippen molar-refractivity contribution in [3.63, 3.8) is 0 Å². The van der Waals surface area contributed by atoms with Crippen molar-refractivity contribution in [2.24, 2.45) is 11.8 Å². The fourth-order valence-corrected chi connectivity index (χ4v) is 6.83. The van der Waals surface area contributed by atoms with E-state index < -0.39 is 0 Å². The topological polar surface area (TPSA) is 0 Å². The highest BCUT2D eigenvalue weighted by Gasteiger charge is 2.04. The molecule has 0 saturated heterocycles. The molecule has 0 heteroatoms. The normalized spacial score (nSPS) is 13.2. The first-order valence-electron chi connectivity index (χ1n) is 20.2. The van der Waals surface area contributed by atoms with Crippen LogP contribution in [0.3, 0.4) is 0 Å². The van der Waals surface area contributed by atoms with E-state index in [0.717, 1.165) is 11.8 Å². The molecule has 0 radical (unpaired) electrons. The second-order valence-corrected chi connectivity index (χ2v) is 14.6. The quantitative estimate of drug-likeness (QED) is 0.0651. The van der Waals surface area contributed by atoms with E-state index in [1.165, 1.54) is 225 Å². The van der Waals surface area contributed by atoms with Gasteiger partial charge in [0.1, 0.15) is 0 Å². The Labute approximate surface area is 263 Å². The van der Waals surface area contributed by atoms with Crippen LogP contribution in [0.4, 0.5) is 0 Å². The molecule has 0 N–H and O–H groups in total. The molecule has 0 aromatic heterocycles. The van der Waals surface area contributed by atoms with Crippen molar-refractivity contribution in [3.05, 3.63) is 0 Å². The zero-order valence-electron chi connectivity index (χ0n) is 29.9. The van der Waals surface area contributed by atoms with Crippen molar-refractivity contribution in [2.75, 3.05) is 0 Å². The molecule has 0 nitrogen and oxygen atoms in total. The van der Waals surface area contributed by atoms with Crippen molar-refractivity contribution < 1.29 is 0 Å². The van der Waals surface area contributed by atoms with E-state index in [9.17, 15) is 0 Å². The third-order valence-electron chi connectivity index (χ3n) is 9.99. The van der Waals surface area contributed by atoms with E-state index in [1.807, 2.05) is 0 Å². The molecule has 0 fully saturated rings. The smallest absolute Gasteiger partial charge is 0.0443 e. The summed E-state index contributed by atoms with van der Waals surface area (Å²) in [7, 11) is 0. The maximum atomic E-state index is 2.51. The van der Waals surface area contributed by atoms with Crippen LogP contribution in [-0.2, 0) is 0 Å². The first kappa shape index (κ1) is 41.0. The van der Waals surface area contributed by atoms with Crippen molar-refractivity contribution >= 4 is 0 Å². The Morgan fingerprint density at radius 3 is 0.537 bits per heavy atom. The second kappa shape index (κ2) is 36.2. The maximum absolute atomic E-state index is 2.51. The molecule has 2 atom stereocenters. The fraction of sp³-hybridized carbons (Fsp3) is 1.00. The molecule has 0 aromatic rings. The molecule has 0 aliphatic rings. The molecule has 0 saturated carbocycles. The molecule has 0 spiro atoms. The second-order valence-electron chi connectivity index (χ2n) is 14.6. The number of hydrogen-bond acceptors (Lipinski definition) is 0. The molecule has 41 heavy (non-hydrogen) atoms. The summed E-state index contributed by atoms with van der Waals surface area (Å²) < 4.78 is 0. The number of rotatable bonds is 36. The van der Waals surface area contributed by atoms with E-state index in [1.54, 1.807) is 0 Å². The fourth-order valence-electron chi connectivity index (χ4n) is 6.83. The predicted molar refractivity (Wildman–Crippen MR) is 191 cm³/mol. The van der Waals surface area contributed by atoms with Crippen LogP contribution in [0, 0.1) is 11.8 Å². The predicted octanol–water partition coefficient (Wildman–Crippen LogP) is 16.0. The Kier molecular flexibility index (Phi) is 36.2. The highest BCUT2D eigenvalue weighted by molar-refractivity contribution is 4.58. The van der Waals surface area contributed by atoms with Gasteiger partial charge >= 0.3 is 0 Å². The van der Waals surface area contributed by atoms with E-state index >= 15 is 0 Å². The molecule has 0 bridgehead atoms. The van der Waals surface area contributed by atoms with Gasteiger partial charge in [0, 0.05) is 0 Å². The lowest BCUT2D eigenvalue weighted by Gasteiger charge is -2.11. The standard InChI is InChI=1S/C41H84/c1-5-7-9-11-13-15-20-24-28-32-36-40(3)38-34-30-26-22-18-17-19-23-27-31-35-39-41(4)37-33-29-25-21-16-14-12-10-8-6-2/h40-41H,5-39H2,1-4H3. The van der Waals surface area contributed by atoms with Gasteiger partial charge < -0.3 is 0 Å². The van der Waals surface area contributed by atoms with Gasteiger partial charge in [0.2, 0.25) is 0 Å². The van der Waals surface area contributed by atoms with Gasteiger partial charge in [-0.05, 0) is 11.8 Å². The largest absolute Gasteiger partial charge is 0.0654 e. The van der Waals surface area contributed by atoms with Crippen LogP contribution in [0.25, 0.3) is 0 Å². The van der Waals surface area contributed by atoms with E-state index in [4.69, 9.17) is 0 Å². The van der Waals surface area contributed by atoms with Gasteiger partial charge in [0.25, 0.3) is 0 Å². The number of hydrogen-bond donors (Lipinski definition) is 0. The Morgan fingerprint density at radius 1 is 0.220 bits per heavy atom. The molecule has 0 heterocycles. The zero-order valence-corrected chi connectivity index (χ0v) is 29.9. The summed E-state index contributed by atoms with van der Waals surface area (Å²) in [4.78, 5) is 0. The summed E-state index contributed by atoms with van der Waals surface area (Å²) in [6.45, 7) is 9.64. The van der Waals surface area contributed by atoms with Crippen LogP contribution in [0.15, 0.2) is 0 Å². The van der Waals surface area contributed by atoms with E-state index in [0.29, 0.717) is 0 Å². The van der Waals surface area contributed by atoms with Crippen molar-refractivity contribution in [3.8, 4) is 0 Å². The monoisotopic (exact) mass is 577 g/mol. The summed E-state index contributed by atoms with van der Waals surface area (Å²) in [6, 6.07) is 0. The maximum Gasteiger partial charge on any atom is -0.0443 e. The summed E-state index contributed by atoms with van der Waals surface area (Å²) in [5.41, 5.74) is 0. The van der Waals surface area contributed by atoms with Crippen LogP contribution in [0.5, 0.6) is 0 Å². The van der Waals surface area contributed by atoms with Gasteiger partial charge in [0.05, 0.1) is 0 Å². The van der Waals surface area contributed by atoms with Gasteiger partial charge in [-0.1, -0.05) is 252 Å². The molecule has 0 amide bonds. The van der Waals surface area contributed by atoms with Crippen LogP contribution in [0.1, 0.15) is 252 Å². The van der Waals surface area contributed by atoms with E-state index in [2.05, 4.69) is 27.7 Å². The summed E-state index contributed by atoms with van der Waals surface area (Å²) in [5.74, 6) is 1.93. The lowest BCUT2D eigenvalue weighted by molar-refractivity contribution is 0.427. The van der Waals surface area contributed by atoms with Crippen LogP contribution in [0.2, 0.25) is 0 Å².